The van der Waals surface area contributed by atoms with Gasteiger partial charge < -0.3 is 29.2 Å². The highest BCUT2D eigenvalue weighted by atomic mass is 16.5. The standard InChI is InChI=1S/C38H48N8O4/c1-26-17-27-7-5-6-8-34(27)45(26)15-13-44(25-48)36-32(21-47)31(11-12-39-36)28-18-33(37(49)42(4)20-28)41-35-10-9-29(19-40-35)46-16-14-43(24-38(46,2)3)30-22-50-23-30/h9-12,17-20,25,30,47H,5-8,13-16,21-24H2,1-4H3,(H,40,41). The molecular weight excluding hydrogens is 632 g/mol. The van der Waals surface area contributed by atoms with E-state index in [4.69, 9.17) is 9.72 Å². The molecule has 2 saturated heterocycles. The molecule has 12 nitrogen and oxygen atoms in total. The molecular formula is C38H48N8O4. The van der Waals surface area contributed by atoms with E-state index in [9.17, 15) is 14.7 Å². The van der Waals surface area contributed by atoms with Gasteiger partial charge in [-0.25, -0.2) is 9.97 Å². The van der Waals surface area contributed by atoms with E-state index in [1.165, 1.54) is 34.4 Å². The van der Waals surface area contributed by atoms with E-state index < -0.39 is 0 Å². The van der Waals surface area contributed by atoms with Crippen LogP contribution < -0.4 is 20.7 Å². The predicted octanol–water partition coefficient (Wildman–Crippen LogP) is 4.03. The van der Waals surface area contributed by atoms with Crippen LogP contribution in [0.25, 0.3) is 11.1 Å². The molecule has 50 heavy (non-hydrogen) atoms. The van der Waals surface area contributed by atoms with E-state index in [-0.39, 0.29) is 17.7 Å². The number of carbonyl (C=O) groups excluding carboxylic acids is 1. The maximum Gasteiger partial charge on any atom is 0.274 e. The van der Waals surface area contributed by atoms with Crippen LogP contribution in [-0.2, 0) is 42.6 Å². The highest BCUT2D eigenvalue weighted by Gasteiger charge is 2.38. The van der Waals surface area contributed by atoms with Gasteiger partial charge in [-0.15, -0.1) is 0 Å². The second kappa shape index (κ2) is 14.0. The van der Waals surface area contributed by atoms with Gasteiger partial charge in [-0.2, -0.15) is 0 Å². The van der Waals surface area contributed by atoms with Crippen molar-refractivity contribution in [3.05, 3.63) is 81.8 Å². The molecule has 0 atom stereocenters. The number of nitrogens with zero attached hydrogens (tertiary/aromatic N) is 7. The third-order valence-corrected chi connectivity index (χ3v) is 10.7. The lowest BCUT2D eigenvalue weighted by Crippen LogP contribution is -2.64. The zero-order chi connectivity index (χ0) is 35.0. The zero-order valence-electron chi connectivity index (χ0n) is 29.6. The number of aliphatic hydroxyl groups is 1. The number of aryl methyl sites for hydroxylation is 3. The molecule has 1 aliphatic carbocycles. The van der Waals surface area contributed by atoms with Gasteiger partial charge in [0.2, 0.25) is 6.41 Å². The van der Waals surface area contributed by atoms with Crippen LogP contribution in [0.15, 0.2) is 53.7 Å². The van der Waals surface area contributed by atoms with E-state index in [2.05, 4.69) is 51.5 Å². The molecule has 3 aliphatic rings. The van der Waals surface area contributed by atoms with Crippen LogP contribution in [0.4, 0.5) is 23.0 Å². The number of piperazine rings is 1. The molecule has 0 spiro atoms. The number of aliphatic hydroxyl groups excluding tert-OH is 1. The summed E-state index contributed by atoms with van der Waals surface area (Å²) < 4.78 is 9.24. The lowest BCUT2D eigenvalue weighted by atomic mass is 9.96. The molecule has 2 fully saturated rings. The van der Waals surface area contributed by atoms with Crippen LogP contribution in [0.2, 0.25) is 0 Å². The van der Waals surface area contributed by atoms with Gasteiger partial charge in [0.25, 0.3) is 5.56 Å². The van der Waals surface area contributed by atoms with Crippen molar-refractivity contribution in [1.82, 2.24) is 24.0 Å². The molecule has 12 heteroatoms. The van der Waals surface area contributed by atoms with Crippen LogP contribution in [0.3, 0.4) is 0 Å². The number of aromatic nitrogens is 4. The second-order valence-corrected chi connectivity index (χ2v) is 14.4. The molecule has 1 amide bonds. The van der Waals surface area contributed by atoms with Crippen molar-refractivity contribution < 1.29 is 14.6 Å². The molecule has 2 N–H and O–H groups in total. The van der Waals surface area contributed by atoms with Crippen molar-refractivity contribution in [1.29, 1.82) is 0 Å². The molecule has 6 heterocycles. The lowest BCUT2D eigenvalue weighted by Gasteiger charge is -2.51. The smallest absolute Gasteiger partial charge is 0.274 e. The van der Waals surface area contributed by atoms with Crippen molar-refractivity contribution in [2.75, 3.05) is 54.5 Å². The van der Waals surface area contributed by atoms with Crippen LogP contribution >= 0.6 is 0 Å². The Bertz CT molecular complexity index is 1910. The average molecular weight is 681 g/mol. The number of anilines is 4. The fraction of sp³-hybridized carbons (Fsp3) is 0.474. The van der Waals surface area contributed by atoms with Gasteiger partial charge in [0.15, 0.2) is 0 Å². The number of amides is 1. The van der Waals surface area contributed by atoms with Crippen LogP contribution in [0.5, 0.6) is 0 Å². The van der Waals surface area contributed by atoms with Crippen LogP contribution in [0, 0.1) is 6.92 Å². The Kier molecular flexibility index (Phi) is 9.51. The summed E-state index contributed by atoms with van der Waals surface area (Å²) in [7, 11) is 1.70. The number of rotatable bonds is 11. The summed E-state index contributed by atoms with van der Waals surface area (Å²) in [6.45, 7) is 11.8. The lowest BCUT2D eigenvalue weighted by molar-refractivity contribution is -0.107. The maximum absolute atomic E-state index is 13.3. The molecule has 0 radical (unpaired) electrons. The maximum atomic E-state index is 13.3. The van der Waals surface area contributed by atoms with Gasteiger partial charge >= 0.3 is 0 Å². The Balaban J connectivity index is 1.10. The highest BCUT2D eigenvalue weighted by Crippen LogP contribution is 2.33. The van der Waals surface area contributed by atoms with Gasteiger partial charge in [-0.05, 0) is 87.9 Å². The Morgan fingerprint density at radius 2 is 1.94 bits per heavy atom. The summed E-state index contributed by atoms with van der Waals surface area (Å²) in [5.74, 6) is 0.961. The van der Waals surface area contributed by atoms with Crippen molar-refractivity contribution in [3.63, 3.8) is 0 Å². The Labute approximate surface area is 293 Å². The third-order valence-electron chi connectivity index (χ3n) is 10.7. The molecule has 7 rings (SSSR count). The predicted molar refractivity (Wildman–Crippen MR) is 195 cm³/mol. The Hall–Kier alpha value is -4.52. The van der Waals surface area contributed by atoms with Gasteiger partial charge in [-0.1, -0.05) is 0 Å². The molecule has 0 unspecified atom stereocenters. The fourth-order valence-electron chi connectivity index (χ4n) is 7.93. The normalized spacial score (nSPS) is 17.7. The minimum atomic E-state index is -0.325. The number of fused-ring (bicyclic) bond motifs is 1. The Morgan fingerprint density at radius 3 is 2.64 bits per heavy atom. The van der Waals surface area contributed by atoms with Crippen molar-refractivity contribution in [2.45, 2.75) is 71.2 Å². The second-order valence-electron chi connectivity index (χ2n) is 14.4. The number of hydrogen-bond acceptors (Lipinski definition) is 9. The molecule has 4 aromatic rings. The van der Waals surface area contributed by atoms with Gasteiger partial charge in [0.1, 0.15) is 17.3 Å². The molecule has 4 aromatic heterocycles. The number of pyridine rings is 3. The van der Waals surface area contributed by atoms with Gasteiger partial charge in [-0.3, -0.25) is 19.4 Å². The summed E-state index contributed by atoms with van der Waals surface area (Å²) in [4.78, 5) is 41.5. The summed E-state index contributed by atoms with van der Waals surface area (Å²) in [6.07, 6.45) is 10.6. The van der Waals surface area contributed by atoms with Gasteiger partial charge in [0.05, 0.1) is 37.7 Å². The molecule has 0 saturated carbocycles. The fourth-order valence-corrected chi connectivity index (χ4v) is 7.93. The molecule has 2 aliphatic heterocycles. The van der Waals surface area contributed by atoms with E-state index in [1.807, 2.05) is 18.3 Å². The molecule has 0 bridgehead atoms. The number of ether oxygens (including phenoxy) is 1. The van der Waals surface area contributed by atoms with Gasteiger partial charge in [0, 0.05) is 80.2 Å². The molecule has 264 valence electrons. The molecule has 0 aromatic carbocycles. The minimum absolute atomic E-state index is 0.0668. The highest BCUT2D eigenvalue weighted by molar-refractivity contribution is 5.81. The zero-order valence-corrected chi connectivity index (χ0v) is 29.6. The summed E-state index contributed by atoms with van der Waals surface area (Å²) in [6, 6.07) is 10.3. The minimum Gasteiger partial charge on any atom is -0.392 e. The van der Waals surface area contributed by atoms with Crippen LogP contribution in [0.1, 0.15) is 49.2 Å². The van der Waals surface area contributed by atoms with Crippen molar-refractivity contribution >= 4 is 29.4 Å². The summed E-state index contributed by atoms with van der Waals surface area (Å²) in [5, 5.41) is 13.9. The first-order valence-corrected chi connectivity index (χ1v) is 17.7. The monoisotopic (exact) mass is 680 g/mol. The topological polar surface area (TPSA) is 121 Å². The number of hydrogen-bond donors (Lipinski definition) is 2. The first kappa shape index (κ1) is 34.0. The van der Waals surface area contributed by atoms with Crippen molar-refractivity contribution in [3.8, 4) is 11.1 Å². The number of nitrogens with one attached hydrogen (secondary N) is 1. The largest absolute Gasteiger partial charge is 0.392 e. The average Bonchev–Trinajstić information content (AvgIpc) is 3.40. The summed E-state index contributed by atoms with van der Waals surface area (Å²) in [5.41, 5.74) is 6.99. The first-order chi connectivity index (χ1) is 24.2. The van der Waals surface area contributed by atoms with E-state index in [0.717, 1.165) is 57.8 Å². The summed E-state index contributed by atoms with van der Waals surface area (Å²) >= 11 is 0. The van der Waals surface area contributed by atoms with Crippen molar-refractivity contribution in [2.24, 2.45) is 7.05 Å². The quantitative estimate of drug-likeness (QED) is 0.226. The first-order valence-electron chi connectivity index (χ1n) is 17.7. The SMILES string of the molecule is Cc1cc2c(n1CCN(C=O)c1nccc(-c3cc(Nc4ccc(N5CCN(C6COC6)CC5(C)C)cn4)c(=O)n(C)c3)c1CO)CCCC2. The third kappa shape index (κ3) is 6.55. The van der Waals surface area contributed by atoms with E-state index >= 15 is 0 Å². The van der Waals surface area contributed by atoms with Crippen LogP contribution in [-0.4, -0.2) is 86.5 Å². The van der Waals surface area contributed by atoms with E-state index in [0.29, 0.717) is 53.1 Å². The number of carbonyl (C=O) groups is 1. The Morgan fingerprint density at radius 1 is 1.12 bits per heavy atom. The van der Waals surface area contributed by atoms with E-state index in [1.54, 1.807) is 36.5 Å².